The van der Waals surface area contributed by atoms with E-state index in [1.54, 1.807) is 0 Å². The molecular formula is C44H30. The van der Waals surface area contributed by atoms with Crippen LogP contribution >= 0.6 is 0 Å². The summed E-state index contributed by atoms with van der Waals surface area (Å²) >= 11 is 0. The maximum atomic E-state index is 4.40. The molecule has 0 N–H and O–H groups in total. The second kappa shape index (κ2) is 10.5. The lowest BCUT2D eigenvalue weighted by atomic mass is 9.81. The molecule has 44 heavy (non-hydrogen) atoms. The van der Waals surface area contributed by atoms with Gasteiger partial charge in [0.2, 0.25) is 0 Å². The molecule has 0 aliphatic rings. The smallest absolute Gasteiger partial charge is 0.00143 e. The molecule has 0 unspecified atom stereocenters. The summed E-state index contributed by atoms with van der Waals surface area (Å²) in [7, 11) is 0. The van der Waals surface area contributed by atoms with Crippen molar-refractivity contribution < 1.29 is 0 Å². The second-order valence-corrected chi connectivity index (χ2v) is 11.4. The van der Waals surface area contributed by atoms with E-state index in [1.165, 1.54) is 76.5 Å². The highest BCUT2D eigenvalue weighted by atomic mass is 14.2. The van der Waals surface area contributed by atoms with Crippen molar-refractivity contribution >= 4 is 55.2 Å². The SMILES string of the molecule is C=Cc1c(-c2ccc3ccccc3c2)cc2ccccc2c1-c1c(C=C)c(-c2ccc3ccccc3c2)cc2ccccc12. The number of hydrogen-bond acceptors (Lipinski definition) is 0. The van der Waals surface area contributed by atoms with E-state index in [0.29, 0.717) is 0 Å². The van der Waals surface area contributed by atoms with E-state index in [2.05, 4.69) is 159 Å². The number of benzene rings is 8. The minimum atomic E-state index is 1.13. The van der Waals surface area contributed by atoms with E-state index < -0.39 is 0 Å². The van der Waals surface area contributed by atoms with Gasteiger partial charge in [0.05, 0.1) is 0 Å². The van der Waals surface area contributed by atoms with Crippen molar-refractivity contribution in [1.29, 1.82) is 0 Å². The van der Waals surface area contributed by atoms with Crippen molar-refractivity contribution in [3.8, 4) is 33.4 Å². The van der Waals surface area contributed by atoms with Crippen LogP contribution < -0.4 is 0 Å². The summed E-state index contributed by atoms with van der Waals surface area (Å²) in [6.45, 7) is 8.79. The quantitative estimate of drug-likeness (QED) is 0.197. The third kappa shape index (κ3) is 4.15. The van der Waals surface area contributed by atoms with Crippen LogP contribution in [0, 0.1) is 0 Å². The lowest BCUT2D eigenvalue weighted by Gasteiger charge is -2.22. The van der Waals surface area contributed by atoms with E-state index >= 15 is 0 Å². The molecular weight excluding hydrogens is 528 g/mol. The maximum absolute atomic E-state index is 4.40. The zero-order valence-electron chi connectivity index (χ0n) is 24.4. The van der Waals surface area contributed by atoms with Crippen LogP contribution in [0.25, 0.3) is 88.6 Å². The predicted molar refractivity (Wildman–Crippen MR) is 193 cm³/mol. The highest BCUT2D eigenvalue weighted by molar-refractivity contribution is 6.15. The van der Waals surface area contributed by atoms with Gasteiger partial charge in [0, 0.05) is 0 Å². The Morgan fingerprint density at radius 2 is 0.705 bits per heavy atom. The topological polar surface area (TPSA) is 0 Å². The molecule has 0 atom stereocenters. The molecule has 8 rings (SSSR count). The van der Waals surface area contributed by atoms with Crippen LogP contribution in [-0.4, -0.2) is 0 Å². The molecule has 0 nitrogen and oxygen atoms in total. The summed E-state index contributed by atoms with van der Waals surface area (Å²) in [4.78, 5) is 0. The van der Waals surface area contributed by atoms with E-state index in [0.717, 1.165) is 11.1 Å². The fraction of sp³-hybridized carbons (Fsp3) is 0. The lowest BCUT2D eigenvalue weighted by Crippen LogP contribution is -1.97. The Balaban J connectivity index is 1.51. The van der Waals surface area contributed by atoms with Crippen LogP contribution in [0.3, 0.4) is 0 Å². The Labute approximate surface area is 257 Å². The van der Waals surface area contributed by atoms with Crippen LogP contribution in [0.2, 0.25) is 0 Å². The Hall–Kier alpha value is -5.72. The van der Waals surface area contributed by atoms with Gasteiger partial charge in [-0.1, -0.05) is 147 Å². The molecule has 0 heterocycles. The second-order valence-electron chi connectivity index (χ2n) is 11.4. The Bertz CT molecular complexity index is 2250. The molecule has 0 radical (unpaired) electrons. The minimum absolute atomic E-state index is 1.13. The molecule has 0 heteroatoms. The first kappa shape index (κ1) is 25.9. The monoisotopic (exact) mass is 558 g/mol. The Morgan fingerprint density at radius 1 is 0.341 bits per heavy atom. The summed E-state index contributed by atoms with van der Waals surface area (Å²) in [6, 6.07) is 52.7. The normalized spacial score (nSPS) is 11.4. The molecule has 0 saturated carbocycles. The van der Waals surface area contributed by atoms with Gasteiger partial charge in [-0.05, 0) is 112 Å². The molecule has 0 saturated heterocycles. The highest BCUT2D eigenvalue weighted by Gasteiger charge is 2.21. The molecule has 0 amide bonds. The number of rotatable bonds is 5. The van der Waals surface area contributed by atoms with Gasteiger partial charge in [-0.25, -0.2) is 0 Å². The summed E-state index contributed by atoms with van der Waals surface area (Å²) in [5.74, 6) is 0. The zero-order chi connectivity index (χ0) is 29.6. The van der Waals surface area contributed by atoms with E-state index in [1.807, 2.05) is 12.2 Å². The van der Waals surface area contributed by atoms with Gasteiger partial charge in [0.25, 0.3) is 0 Å². The summed E-state index contributed by atoms with van der Waals surface area (Å²) in [5.41, 5.74) is 9.35. The standard InChI is InChI=1S/C44H30/c1-3-37-41(35-23-21-29-13-5-7-15-31(29)25-35)27-33-17-9-11-19-39(33)43(37)44-38(4-2)42(28-34-18-10-12-20-40(34)44)36-24-22-30-14-6-8-16-32(30)26-36/h3-28H,1-2H2. The third-order valence-corrected chi connectivity index (χ3v) is 8.96. The van der Waals surface area contributed by atoms with Crippen LogP contribution in [0.5, 0.6) is 0 Å². The van der Waals surface area contributed by atoms with Gasteiger partial charge in [-0.2, -0.15) is 0 Å². The molecule has 8 aromatic carbocycles. The van der Waals surface area contributed by atoms with Crippen LogP contribution in [-0.2, 0) is 0 Å². The molecule has 0 aliphatic carbocycles. The van der Waals surface area contributed by atoms with Crippen molar-refractivity contribution in [2.24, 2.45) is 0 Å². The predicted octanol–water partition coefficient (Wildman–Crippen LogP) is 12.6. The molecule has 0 bridgehead atoms. The van der Waals surface area contributed by atoms with Crippen molar-refractivity contribution in [3.63, 3.8) is 0 Å². The maximum Gasteiger partial charge on any atom is -0.00143 e. The van der Waals surface area contributed by atoms with E-state index in [9.17, 15) is 0 Å². The number of fused-ring (bicyclic) bond motifs is 4. The molecule has 8 aromatic rings. The van der Waals surface area contributed by atoms with Crippen LogP contribution in [0.1, 0.15) is 11.1 Å². The fourth-order valence-electron chi connectivity index (χ4n) is 6.88. The molecule has 0 aliphatic heterocycles. The van der Waals surface area contributed by atoms with Gasteiger partial charge in [0.1, 0.15) is 0 Å². The van der Waals surface area contributed by atoms with Gasteiger partial charge in [-0.15, -0.1) is 0 Å². The van der Waals surface area contributed by atoms with Crippen LogP contribution in [0.15, 0.2) is 159 Å². The Morgan fingerprint density at radius 3 is 1.11 bits per heavy atom. The third-order valence-electron chi connectivity index (χ3n) is 8.96. The number of hydrogen-bond donors (Lipinski definition) is 0. The van der Waals surface area contributed by atoms with Crippen molar-refractivity contribution in [2.75, 3.05) is 0 Å². The van der Waals surface area contributed by atoms with Crippen molar-refractivity contribution in [2.45, 2.75) is 0 Å². The summed E-state index contributed by atoms with van der Waals surface area (Å²) in [5, 5.41) is 9.74. The average molecular weight is 559 g/mol. The zero-order valence-corrected chi connectivity index (χ0v) is 24.4. The molecule has 0 spiro atoms. The van der Waals surface area contributed by atoms with Crippen molar-refractivity contribution in [3.05, 3.63) is 170 Å². The first-order valence-electron chi connectivity index (χ1n) is 15.1. The minimum Gasteiger partial charge on any atom is -0.0984 e. The van der Waals surface area contributed by atoms with Crippen LogP contribution in [0.4, 0.5) is 0 Å². The highest BCUT2D eigenvalue weighted by Crippen LogP contribution is 2.47. The fourth-order valence-corrected chi connectivity index (χ4v) is 6.88. The summed E-state index contributed by atoms with van der Waals surface area (Å²) < 4.78 is 0. The van der Waals surface area contributed by atoms with E-state index in [4.69, 9.17) is 0 Å². The van der Waals surface area contributed by atoms with Gasteiger partial charge in [-0.3, -0.25) is 0 Å². The van der Waals surface area contributed by atoms with Gasteiger partial charge >= 0.3 is 0 Å². The summed E-state index contributed by atoms with van der Waals surface area (Å²) in [6.07, 6.45) is 4.08. The van der Waals surface area contributed by atoms with Crippen molar-refractivity contribution in [1.82, 2.24) is 0 Å². The molecule has 0 fully saturated rings. The van der Waals surface area contributed by atoms with Gasteiger partial charge < -0.3 is 0 Å². The average Bonchev–Trinajstić information content (AvgIpc) is 3.09. The molecule has 206 valence electrons. The Kier molecular flexibility index (Phi) is 6.21. The first-order chi connectivity index (χ1) is 21.7. The lowest BCUT2D eigenvalue weighted by molar-refractivity contribution is 1.60. The first-order valence-corrected chi connectivity index (χ1v) is 15.1. The molecule has 0 aromatic heterocycles. The van der Waals surface area contributed by atoms with Gasteiger partial charge in [0.15, 0.2) is 0 Å². The van der Waals surface area contributed by atoms with E-state index in [-0.39, 0.29) is 0 Å². The largest absolute Gasteiger partial charge is 0.0984 e.